The molecular weight excluding hydrogens is 1950 g/mol. The molecule has 0 fully saturated rings. The fraction of sp³-hybridized carbons (Fsp3) is 0.0465. The number of hydrogen-bond acceptors (Lipinski definition) is 10. The molecule has 9 aromatic carbocycles. The summed E-state index contributed by atoms with van der Waals surface area (Å²) in [6, 6.07) is 113. The fourth-order valence-corrected chi connectivity index (χ4v) is 9.20. The van der Waals surface area contributed by atoms with Gasteiger partial charge in [-0.1, -0.05) is 103 Å². The Morgan fingerprint density at radius 3 is 1.29 bits per heavy atom. The van der Waals surface area contributed by atoms with Crippen molar-refractivity contribution in [2.24, 2.45) is 0 Å². The van der Waals surface area contributed by atoms with Crippen molar-refractivity contribution < 1.29 is 100 Å². The summed E-state index contributed by atoms with van der Waals surface area (Å²) in [6.07, 6.45) is 11.4. The normalized spacial score (nSPS) is 9.96. The Morgan fingerprint density at radius 2 is 0.790 bits per heavy atom. The SMILES string of the molecule is CC(=O)C=C(C)O.CC(=O)C=C(C)O.[Ir+3].[Ir].[Ir].[Ir].[c-]1cccc(-c2ccccn2)c1.[c-]1cccc2ccc3cccnc3c12.[c-]1ccccc1-c1ccc2ccccc2n1.[c-]1ccccc1-c1ccccn1.[c-]1ccccc1-c1ccccn1.[c-]1ccccc1-c1nccc2ccccc12. The van der Waals surface area contributed by atoms with Gasteiger partial charge in [0, 0.05) is 109 Å². The number of carbonyl (C=O) groups excluding carboxylic acids is 2. The van der Waals surface area contributed by atoms with Crippen LogP contribution in [0.15, 0.2) is 340 Å². The summed E-state index contributed by atoms with van der Waals surface area (Å²) in [7, 11) is 0. The molecule has 0 saturated heterocycles. The van der Waals surface area contributed by atoms with E-state index in [2.05, 4.69) is 115 Å². The van der Waals surface area contributed by atoms with Crippen LogP contribution >= 0.6 is 0 Å². The van der Waals surface area contributed by atoms with Crippen LogP contribution < -0.4 is 0 Å². The third-order valence-electron chi connectivity index (χ3n) is 13.4. The summed E-state index contributed by atoms with van der Waals surface area (Å²) in [5.74, 6) is -0.125. The largest absolute Gasteiger partial charge is 3.00 e. The predicted octanol–water partition coefficient (Wildman–Crippen LogP) is 20.3. The van der Waals surface area contributed by atoms with Gasteiger partial charge in [0.15, 0.2) is 11.6 Å². The van der Waals surface area contributed by atoms with Gasteiger partial charge < -0.3 is 30.1 Å². The van der Waals surface area contributed by atoms with E-state index in [0.717, 1.165) is 72.7 Å². The molecule has 0 amide bonds. The van der Waals surface area contributed by atoms with Gasteiger partial charge >= 0.3 is 20.1 Å². The van der Waals surface area contributed by atoms with Gasteiger partial charge in [0.25, 0.3) is 0 Å². The molecule has 0 spiro atoms. The second-order valence-electron chi connectivity index (χ2n) is 20.9. The van der Waals surface area contributed by atoms with Crippen LogP contribution in [0.1, 0.15) is 27.7 Å². The van der Waals surface area contributed by atoms with Crippen LogP contribution in [0.5, 0.6) is 0 Å². The minimum atomic E-state index is -0.125. The maximum atomic E-state index is 10.0. The first-order chi connectivity index (χ1) is 47.0. The number of carbonyl (C=O) groups is 2. The first-order valence-corrected chi connectivity index (χ1v) is 30.7. The van der Waals surface area contributed by atoms with Gasteiger partial charge in [-0.15, -0.1) is 184 Å². The molecule has 3 radical (unpaired) electrons. The fourth-order valence-electron chi connectivity index (χ4n) is 9.20. The van der Waals surface area contributed by atoms with Gasteiger partial charge in [0.05, 0.1) is 17.0 Å². The number of allylic oxidation sites excluding steroid dienone is 4. The first-order valence-electron chi connectivity index (χ1n) is 30.7. The summed E-state index contributed by atoms with van der Waals surface area (Å²) in [6.45, 7) is 5.70. The van der Waals surface area contributed by atoms with E-state index in [1.165, 1.54) is 66.8 Å². The van der Waals surface area contributed by atoms with E-state index in [1.807, 2.05) is 249 Å². The number of hydrogen-bond donors (Lipinski definition) is 2. The maximum absolute atomic E-state index is 10.0. The molecule has 0 unspecified atom stereocenters. The molecule has 0 aliphatic rings. The van der Waals surface area contributed by atoms with Crippen molar-refractivity contribution in [3.63, 3.8) is 0 Å². The number of nitrogens with zero attached hydrogens (tertiary/aromatic N) is 6. The van der Waals surface area contributed by atoms with Crippen LogP contribution in [0.4, 0.5) is 0 Å². The van der Waals surface area contributed by atoms with Gasteiger partial charge in [-0.3, -0.25) is 19.6 Å². The van der Waals surface area contributed by atoms with Crippen LogP contribution in [0, 0.1) is 36.4 Å². The topological polar surface area (TPSA) is 152 Å². The summed E-state index contributed by atoms with van der Waals surface area (Å²) < 4.78 is 0. The molecular formula is C86H68Ir4N6O4-3. The average Bonchev–Trinajstić information content (AvgIpc) is 0.810. The number of pyridine rings is 6. The Balaban J connectivity index is 0.000000244. The molecule has 0 aliphatic carbocycles. The second-order valence-corrected chi connectivity index (χ2v) is 20.9. The van der Waals surface area contributed by atoms with Crippen molar-refractivity contribution in [2.75, 3.05) is 0 Å². The molecule has 15 rings (SSSR count). The molecule has 2 N–H and O–H groups in total. The number of aromatic nitrogens is 6. The van der Waals surface area contributed by atoms with E-state index in [1.54, 1.807) is 18.6 Å². The molecule has 0 bridgehead atoms. The van der Waals surface area contributed by atoms with E-state index in [-0.39, 0.29) is 104 Å². The standard InChI is InChI=1S/2C15H10N.C13H8N.3C11H8N.2C5H8O2.4Ir/c1-2-7-13(8-3-1)15-14-9-5-4-6-12(14)10-11-16-15;1-2-6-12(7-3-1)15-11-10-13-8-4-5-9-14(13)16-15;1-2-6-12-10(4-1)7-8-11-5-3-9-14-13(11)12;3*1-2-6-10(7-3-1)11-8-4-5-9-12-11;2*1-4(6)3-5(2)7;;;;/h1-7,9-11H;1-6,8-11H;1-5,7-9H;1-2,4-9H;2*1-6,8-9H;2*3,6H,1-2H3;;;;/q6*-1;;;;;;+3. The molecule has 6 heterocycles. The molecule has 0 aliphatic heterocycles. The van der Waals surface area contributed by atoms with Crippen molar-refractivity contribution in [1.82, 2.24) is 29.9 Å². The predicted molar refractivity (Wildman–Crippen MR) is 390 cm³/mol. The van der Waals surface area contributed by atoms with Crippen LogP contribution in [-0.4, -0.2) is 51.7 Å². The van der Waals surface area contributed by atoms with Crippen LogP contribution in [-0.2, 0) is 90.0 Å². The van der Waals surface area contributed by atoms with E-state index in [0.29, 0.717) is 0 Å². The van der Waals surface area contributed by atoms with Gasteiger partial charge in [-0.05, 0) is 120 Å². The summed E-state index contributed by atoms with van der Waals surface area (Å²) in [5, 5.41) is 23.7. The second kappa shape index (κ2) is 46.3. The quantitative estimate of drug-likeness (QED) is 0.0683. The summed E-state index contributed by atoms with van der Waals surface area (Å²) in [4.78, 5) is 46.1. The molecule has 0 saturated carbocycles. The number of fused-ring (bicyclic) bond motifs is 5. The van der Waals surface area contributed by atoms with Crippen molar-refractivity contribution in [2.45, 2.75) is 27.7 Å². The first kappa shape index (κ1) is 82.4. The Kier molecular flexibility index (Phi) is 38.1. The van der Waals surface area contributed by atoms with E-state index in [9.17, 15) is 9.59 Å². The monoisotopic (exact) mass is 2020 g/mol. The minimum Gasteiger partial charge on any atom is -0.512 e. The van der Waals surface area contributed by atoms with E-state index < -0.39 is 0 Å². The number of benzene rings is 9. The summed E-state index contributed by atoms with van der Waals surface area (Å²) in [5.41, 5.74) is 12.2. The van der Waals surface area contributed by atoms with Crippen molar-refractivity contribution >= 4 is 54.9 Å². The van der Waals surface area contributed by atoms with Crippen molar-refractivity contribution in [3.05, 3.63) is 376 Å². The average molecular weight is 2020 g/mol. The van der Waals surface area contributed by atoms with Gasteiger partial charge in [-0.2, -0.15) is 30.3 Å². The summed E-state index contributed by atoms with van der Waals surface area (Å²) >= 11 is 0. The Labute approximate surface area is 639 Å². The molecule has 505 valence electrons. The maximum Gasteiger partial charge on any atom is 3.00 e. The van der Waals surface area contributed by atoms with E-state index in [4.69, 9.17) is 10.2 Å². The number of aliphatic hydroxyl groups is 2. The zero-order chi connectivity index (χ0) is 67.4. The van der Waals surface area contributed by atoms with E-state index >= 15 is 0 Å². The third-order valence-corrected chi connectivity index (χ3v) is 13.4. The van der Waals surface area contributed by atoms with Gasteiger partial charge in [0.1, 0.15) is 0 Å². The Morgan fingerprint density at radius 1 is 0.350 bits per heavy atom. The minimum absolute atomic E-state index is 0. The van der Waals surface area contributed by atoms with Gasteiger partial charge in [-0.25, -0.2) is 0 Å². The zero-order valence-electron chi connectivity index (χ0n) is 54.9. The molecule has 15 aromatic rings. The smallest absolute Gasteiger partial charge is 0.512 e. The van der Waals surface area contributed by atoms with Crippen LogP contribution in [0.2, 0.25) is 0 Å². The number of para-hydroxylation sites is 1. The molecule has 0 atom stereocenters. The molecule has 14 heteroatoms. The molecule has 10 nitrogen and oxygen atoms in total. The Hall–Kier alpha value is -10.1. The van der Waals surface area contributed by atoms with Gasteiger partial charge in [0.2, 0.25) is 0 Å². The van der Waals surface area contributed by atoms with Crippen LogP contribution in [0.25, 0.3) is 99.6 Å². The molecule has 100 heavy (non-hydrogen) atoms. The number of aliphatic hydroxyl groups excluding tert-OH is 2. The third kappa shape index (κ3) is 28.0. The molecule has 6 aromatic heterocycles. The number of ketones is 2. The van der Waals surface area contributed by atoms with Crippen molar-refractivity contribution in [3.8, 4) is 56.3 Å². The Bertz CT molecular complexity index is 4470. The number of rotatable bonds is 7. The zero-order valence-corrected chi connectivity index (χ0v) is 64.5. The van der Waals surface area contributed by atoms with Crippen LogP contribution in [0.3, 0.4) is 0 Å². The van der Waals surface area contributed by atoms with Crippen molar-refractivity contribution in [1.29, 1.82) is 0 Å².